The molecule has 0 bridgehead atoms. The van der Waals surface area contributed by atoms with E-state index in [2.05, 4.69) is 4.98 Å². The van der Waals surface area contributed by atoms with Crippen LogP contribution < -0.4 is 4.74 Å². The van der Waals surface area contributed by atoms with Crippen LogP contribution in [0, 0.1) is 0 Å². The van der Waals surface area contributed by atoms with Gasteiger partial charge in [0.05, 0.1) is 22.9 Å². The highest BCUT2D eigenvalue weighted by atomic mass is 19.4. The summed E-state index contributed by atoms with van der Waals surface area (Å²) in [5.41, 5.74) is 1.02. The molecule has 0 unspecified atom stereocenters. The van der Waals surface area contributed by atoms with Gasteiger partial charge in [-0.05, 0) is 36.4 Å². The fourth-order valence-electron chi connectivity index (χ4n) is 2.02. The van der Waals surface area contributed by atoms with Gasteiger partial charge in [0.1, 0.15) is 11.5 Å². The minimum Gasteiger partial charge on any atom is -0.457 e. The number of hydrogen-bond acceptors (Lipinski definition) is 2. The quantitative estimate of drug-likeness (QED) is 0.700. The van der Waals surface area contributed by atoms with Crippen LogP contribution in [0.15, 0.2) is 48.8 Å². The topological polar surface area (TPSA) is 27.1 Å². The first-order chi connectivity index (χ1) is 9.93. The molecule has 0 N–H and O–H groups in total. The van der Waals surface area contributed by atoms with Gasteiger partial charge in [0.15, 0.2) is 0 Å². The van der Waals surface area contributed by atoms with Gasteiger partial charge in [0, 0.05) is 13.1 Å². The van der Waals surface area contributed by atoms with Crippen LogP contribution >= 0.6 is 0 Å². The van der Waals surface area contributed by atoms with Gasteiger partial charge < -0.3 is 9.30 Å². The second-order valence-electron chi connectivity index (χ2n) is 4.63. The van der Waals surface area contributed by atoms with Crippen molar-refractivity contribution in [2.24, 2.45) is 7.05 Å². The van der Waals surface area contributed by atoms with Gasteiger partial charge in [-0.2, -0.15) is 13.2 Å². The lowest BCUT2D eigenvalue weighted by atomic mass is 10.2. The van der Waals surface area contributed by atoms with Crippen LogP contribution in [-0.4, -0.2) is 9.55 Å². The van der Waals surface area contributed by atoms with E-state index in [1.54, 1.807) is 24.5 Å². The number of halogens is 3. The maximum absolute atomic E-state index is 12.5. The third-order valence-electron chi connectivity index (χ3n) is 3.11. The summed E-state index contributed by atoms with van der Waals surface area (Å²) in [6, 6.07) is 9.92. The Balaban J connectivity index is 1.86. The monoisotopic (exact) mass is 292 g/mol. The Morgan fingerprint density at radius 3 is 2.33 bits per heavy atom. The zero-order valence-electron chi connectivity index (χ0n) is 11.1. The molecule has 3 nitrogen and oxygen atoms in total. The fraction of sp³-hybridized carbons (Fsp3) is 0.133. The molecule has 3 aromatic rings. The summed E-state index contributed by atoms with van der Waals surface area (Å²) < 4.78 is 44.9. The normalized spacial score (nSPS) is 11.8. The molecular weight excluding hydrogens is 281 g/mol. The maximum Gasteiger partial charge on any atom is 0.416 e. The summed E-state index contributed by atoms with van der Waals surface area (Å²) >= 11 is 0. The first kappa shape index (κ1) is 13.5. The van der Waals surface area contributed by atoms with Crippen LogP contribution in [0.5, 0.6) is 11.5 Å². The van der Waals surface area contributed by atoms with Crippen molar-refractivity contribution in [3.63, 3.8) is 0 Å². The number of nitrogens with zero attached hydrogens (tertiary/aromatic N) is 2. The summed E-state index contributed by atoms with van der Waals surface area (Å²) in [7, 11) is 1.86. The highest BCUT2D eigenvalue weighted by Gasteiger charge is 2.30. The van der Waals surface area contributed by atoms with Crippen LogP contribution in [0.25, 0.3) is 11.0 Å². The van der Waals surface area contributed by atoms with E-state index in [1.807, 2.05) is 11.6 Å². The van der Waals surface area contributed by atoms with Gasteiger partial charge in [0.2, 0.25) is 0 Å². The molecule has 0 radical (unpaired) electrons. The second-order valence-corrected chi connectivity index (χ2v) is 4.63. The van der Waals surface area contributed by atoms with Gasteiger partial charge >= 0.3 is 6.18 Å². The van der Waals surface area contributed by atoms with E-state index in [-0.39, 0.29) is 0 Å². The molecule has 1 heterocycles. The SMILES string of the molecule is Cn1cnc2ccc(Oc3ccc(C(F)(F)F)cc3)cc21. The van der Waals surface area contributed by atoms with Crippen LogP contribution in [-0.2, 0) is 13.2 Å². The lowest BCUT2D eigenvalue weighted by molar-refractivity contribution is -0.137. The van der Waals surface area contributed by atoms with Crippen LogP contribution in [0.2, 0.25) is 0 Å². The number of ether oxygens (including phenoxy) is 1. The Bertz CT molecular complexity index is 776. The first-order valence-electron chi connectivity index (χ1n) is 6.20. The Hall–Kier alpha value is -2.50. The summed E-state index contributed by atoms with van der Waals surface area (Å²) in [4.78, 5) is 4.19. The lowest BCUT2D eigenvalue weighted by Gasteiger charge is -2.09. The third-order valence-corrected chi connectivity index (χ3v) is 3.11. The second kappa shape index (κ2) is 4.80. The van der Waals surface area contributed by atoms with Crippen LogP contribution in [0.3, 0.4) is 0 Å². The zero-order valence-corrected chi connectivity index (χ0v) is 11.1. The van der Waals surface area contributed by atoms with E-state index in [1.165, 1.54) is 12.1 Å². The average Bonchev–Trinajstić information content (AvgIpc) is 2.80. The van der Waals surface area contributed by atoms with E-state index in [0.717, 1.165) is 23.2 Å². The van der Waals surface area contributed by atoms with Crippen molar-refractivity contribution >= 4 is 11.0 Å². The number of hydrogen-bond donors (Lipinski definition) is 0. The molecule has 0 aliphatic carbocycles. The Kier molecular flexibility index (Phi) is 3.08. The molecule has 1 aromatic heterocycles. The molecule has 0 saturated heterocycles. The Morgan fingerprint density at radius 1 is 1.00 bits per heavy atom. The van der Waals surface area contributed by atoms with Crippen molar-refractivity contribution in [1.82, 2.24) is 9.55 Å². The fourth-order valence-corrected chi connectivity index (χ4v) is 2.02. The van der Waals surface area contributed by atoms with E-state index >= 15 is 0 Å². The summed E-state index contributed by atoms with van der Waals surface area (Å²) in [6.45, 7) is 0. The van der Waals surface area contributed by atoms with Gasteiger partial charge in [-0.1, -0.05) is 0 Å². The predicted octanol–water partition coefficient (Wildman–Crippen LogP) is 4.38. The Labute approximate surface area is 118 Å². The molecule has 0 aliphatic heterocycles. The van der Waals surface area contributed by atoms with E-state index in [9.17, 15) is 13.2 Å². The first-order valence-corrected chi connectivity index (χ1v) is 6.20. The average molecular weight is 292 g/mol. The summed E-state index contributed by atoms with van der Waals surface area (Å²) in [5, 5.41) is 0. The standard InChI is InChI=1S/C15H11F3N2O/c1-20-9-19-13-7-6-12(8-14(13)20)21-11-4-2-10(3-5-11)15(16,17)18/h2-9H,1H3. The maximum atomic E-state index is 12.5. The zero-order chi connectivity index (χ0) is 15.0. The largest absolute Gasteiger partial charge is 0.457 e. The number of benzene rings is 2. The molecule has 0 fully saturated rings. The minimum atomic E-state index is -4.34. The number of rotatable bonds is 2. The smallest absolute Gasteiger partial charge is 0.416 e. The van der Waals surface area contributed by atoms with Crippen LogP contribution in [0.4, 0.5) is 13.2 Å². The predicted molar refractivity (Wildman–Crippen MR) is 72.2 cm³/mol. The van der Waals surface area contributed by atoms with Crippen molar-refractivity contribution in [1.29, 1.82) is 0 Å². The number of aryl methyl sites for hydroxylation is 1. The minimum absolute atomic E-state index is 0.351. The molecule has 0 amide bonds. The van der Waals surface area contributed by atoms with E-state index in [0.29, 0.717) is 11.5 Å². The highest BCUT2D eigenvalue weighted by molar-refractivity contribution is 5.77. The molecule has 21 heavy (non-hydrogen) atoms. The van der Waals surface area contributed by atoms with Gasteiger partial charge in [0.25, 0.3) is 0 Å². The molecule has 6 heteroatoms. The molecule has 0 atom stereocenters. The van der Waals surface area contributed by atoms with Crippen molar-refractivity contribution in [3.8, 4) is 11.5 Å². The van der Waals surface area contributed by atoms with Gasteiger partial charge in [-0.15, -0.1) is 0 Å². The van der Waals surface area contributed by atoms with E-state index in [4.69, 9.17) is 4.74 Å². The number of aromatic nitrogens is 2. The number of alkyl halides is 3. The Morgan fingerprint density at radius 2 is 1.67 bits per heavy atom. The van der Waals surface area contributed by atoms with Gasteiger partial charge in [-0.25, -0.2) is 4.98 Å². The molecule has 0 aliphatic rings. The van der Waals surface area contributed by atoms with Crippen LogP contribution in [0.1, 0.15) is 5.56 Å². The summed E-state index contributed by atoms with van der Waals surface area (Å²) in [5.74, 6) is 0.898. The lowest BCUT2D eigenvalue weighted by Crippen LogP contribution is -2.03. The molecule has 2 aromatic carbocycles. The van der Waals surface area contributed by atoms with Crippen molar-refractivity contribution in [2.75, 3.05) is 0 Å². The number of imidazole rings is 1. The molecule has 108 valence electrons. The number of fused-ring (bicyclic) bond motifs is 1. The highest BCUT2D eigenvalue weighted by Crippen LogP contribution is 2.31. The van der Waals surface area contributed by atoms with Crippen molar-refractivity contribution in [3.05, 3.63) is 54.4 Å². The molecule has 3 rings (SSSR count). The van der Waals surface area contributed by atoms with Crippen molar-refractivity contribution < 1.29 is 17.9 Å². The van der Waals surface area contributed by atoms with Crippen molar-refractivity contribution in [2.45, 2.75) is 6.18 Å². The van der Waals surface area contributed by atoms with Gasteiger partial charge in [-0.3, -0.25) is 0 Å². The molecule has 0 spiro atoms. The third kappa shape index (κ3) is 2.69. The molecule has 0 saturated carbocycles. The summed E-state index contributed by atoms with van der Waals surface area (Å²) in [6.07, 6.45) is -2.65. The molecular formula is C15H11F3N2O. The van der Waals surface area contributed by atoms with E-state index < -0.39 is 11.7 Å².